The minimum Gasteiger partial charge on any atom is -0.390 e. The van der Waals surface area contributed by atoms with E-state index < -0.39 is 37.9 Å². The molecule has 4 heterocycles. The van der Waals surface area contributed by atoms with E-state index in [9.17, 15) is 39.9 Å². The molecule has 3 aliphatic rings. The molecule has 1 aromatic heterocycles. The number of benzene rings is 2. The third kappa shape index (κ3) is 9.02. The second-order valence-electron chi connectivity index (χ2n) is 13.4. The van der Waals surface area contributed by atoms with Crippen molar-refractivity contribution < 1.29 is 39.9 Å². The Hall–Kier alpha value is -3.00. The van der Waals surface area contributed by atoms with E-state index >= 15 is 0 Å². The summed E-state index contributed by atoms with van der Waals surface area (Å²) >= 11 is 0.851. The lowest BCUT2D eigenvalue weighted by molar-refractivity contribution is -0.139. The Morgan fingerprint density at radius 1 is 1.00 bits per heavy atom. The normalized spacial score (nSPS) is 18.9. The van der Waals surface area contributed by atoms with Gasteiger partial charge in [0.15, 0.2) is 0 Å². The molecule has 18 heteroatoms. The van der Waals surface area contributed by atoms with Gasteiger partial charge in [0.1, 0.15) is 0 Å². The molecule has 0 bridgehead atoms. The van der Waals surface area contributed by atoms with Gasteiger partial charge >= 0.3 is 6.18 Å². The van der Waals surface area contributed by atoms with Crippen LogP contribution < -0.4 is 4.72 Å². The number of nitrogens with zero attached hydrogens (tertiary/aromatic N) is 5. The molecule has 2 N–H and O–H groups in total. The van der Waals surface area contributed by atoms with Gasteiger partial charge in [-0.25, -0.2) is 21.6 Å². The van der Waals surface area contributed by atoms with E-state index in [1.807, 2.05) is 4.90 Å². The fourth-order valence-electron chi connectivity index (χ4n) is 7.20. The first-order chi connectivity index (χ1) is 24.6. The maximum Gasteiger partial charge on any atom is 0.417 e. The van der Waals surface area contributed by atoms with E-state index in [-0.39, 0.29) is 53.7 Å². The van der Waals surface area contributed by atoms with Crippen molar-refractivity contribution in [2.45, 2.75) is 73.3 Å². The highest BCUT2D eigenvalue weighted by Crippen LogP contribution is 2.40. The molecule has 3 aliphatic heterocycles. The zero-order chi connectivity index (χ0) is 37.3. The van der Waals surface area contributed by atoms with Crippen LogP contribution in [-0.2, 0) is 50.5 Å². The number of nitrogens with one attached hydrogen (secondary N) is 1. The molecule has 6 rings (SSSR count). The molecule has 0 spiro atoms. The highest BCUT2D eigenvalue weighted by molar-refractivity contribution is 7.99. The van der Waals surface area contributed by atoms with Crippen LogP contribution in [0.25, 0.3) is 11.3 Å². The van der Waals surface area contributed by atoms with E-state index in [1.54, 1.807) is 22.9 Å². The lowest BCUT2D eigenvalue weighted by atomic mass is 10.0. The summed E-state index contributed by atoms with van der Waals surface area (Å²) in [6, 6.07) is 11.5. The minimum absolute atomic E-state index is 0.00474. The van der Waals surface area contributed by atoms with Gasteiger partial charge in [0.2, 0.25) is 26.0 Å². The van der Waals surface area contributed by atoms with Gasteiger partial charge < -0.3 is 14.9 Å². The Kier molecular flexibility index (Phi) is 11.7. The lowest BCUT2D eigenvalue weighted by Gasteiger charge is -2.37. The molecule has 2 saturated heterocycles. The van der Waals surface area contributed by atoms with Gasteiger partial charge in [-0.2, -0.15) is 22.6 Å². The zero-order valence-electron chi connectivity index (χ0n) is 28.8. The number of aliphatic hydroxyl groups excluding tert-OH is 1. The first-order valence-electron chi connectivity index (χ1n) is 17.2. The molecule has 0 saturated carbocycles. The monoisotopic (exact) mass is 784 g/mol. The minimum atomic E-state index is -4.68. The summed E-state index contributed by atoms with van der Waals surface area (Å²) in [4.78, 5) is 16.3. The topological polar surface area (TPSA) is 145 Å². The van der Waals surface area contributed by atoms with Gasteiger partial charge in [-0.05, 0) is 43.5 Å². The van der Waals surface area contributed by atoms with Gasteiger partial charge in [-0.15, -0.1) is 11.8 Å². The summed E-state index contributed by atoms with van der Waals surface area (Å²) in [7, 11) is -7.44. The maximum absolute atomic E-state index is 14.1. The van der Waals surface area contributed by atoms with Crippen LogP contribution in [0.1, 0.15) is 42.5 Å². The van der Waals surface area contributed by atoms with Crippen molar-refractivity contribution in [3.63, 3.8) is 0 Å². The summed E-state index contributed by atoms with van der Waals surface area (Å²) in [5.74, 6) is 0.211. The molecule has 3 aromatic rings. The largest absolute Gasteiger partial charge is 0.417 e. The molecule has 0 aliphatic carbocycles. The number of amides is 1. The molecular weight excluding hydrogens is 742 g/mol. The van der Waals surface area contributed by atoms with Crippen LogP contribution in [0.5, 0.6) is 0 Å². The van der Waals surface area contributed by atoms with Crippen molar-refractivity contribution in [1.82, 2.24) is 28.6 Å². The van der Waals surface area contributed by atoms with E-state index in [2.05, 4.69) is 9.62 Å². The van der Waals surface area contributed by atoms with Crippen LogP contribution in [0.3, 0.4) is 0 Å². The molecule has 1 atom stereocenters. The van der Waals surface area contributed by atoms with Gasteiger partial charge in [0, 0.05) is 92.2 Å². The van der Waals surface area contributed by atoms with Gasteiger partial charge in [-0.3, -0.25) is 9.48 Å². The lowest BCUT2D eigenvalue weighted by Crippen LogP contribution is -2.47. The predicted octanol–water partition coefficient (Wildman–Crippen LogP) is 3.40. The van der Waals surface area contributed by atoms with Crippen LogP contribution in [0, 0.1) is 0 Å². The number of carbonyl (C=O) groups excluding carboxylic acids is 1. The van der Waals surface area contributed by atoms with Crippen molar-refractivity contribution in [2.75, 3.05) is 51.3 Å². The standard InChI is InChI=1S/C34H43F3N6O6S3/c1-51(46,47)41-18-13-30-28(23-41)33(39-43(30)22-26(44)21-40-16-11-25(12-17-40)42-15-5-8-32(42)45)24-9-10-29(34(35,36)37)31(20-24)50-19-14-38-52(48,49)27-6-3-2-4-7-27/h2-4,6-7,9-10,20,25-26,38,44H,5,8,11-19,21-23H2,1H3. The van der Waals surface area contributed by atoms with Gasteiger partial charge in [0.25, 0.3) is 0 Å². The molecule has 1 amide bonds. The fourth-order valence-corrected chi connectivity index (χ4v) is 10.1. The van der Waals surface area contributed by atoms with Gasteiger partial charge in [0.05, 0.1) is 35.1 Å². The molecule has 52 heavy (non-hydrogen) atoms. The van der Waals surface area contributed by atoms with E-state index in [4.69, 9.17) is 5.10 Å². The number of aliphatic hydroxyl groups is 1. The average Bonchev–Trinajstić information content (AvgIpc) is 3.69. The first-order valence-corrected chi connectivity index (χ1v) is 21.5. The molecule has 2 aromatic carbocycles. The Morgan fingerprint density at radius 2 is 1.73 bits per heavy atom. The number of aromatic nitrogens is 2. The zero-order valence-corrected chi connectivity index (χ0v) is 31.2. The quantitative estimate of drug-likeness (QED) is 0.197. The molecule has 284 valence electrons. The number of fused-ring (bicyclic) bond motifs is 1. The number of likely N-dealkylation sites (tertiary alicyclic amines) is 2. The van der Waals surface area contributed by atoms with E-state index in [0.29, 0.717) is 41.9 Å². The fraction of sp³-hybridized carbons (Fsp3) is 0.529. The van der Waals surface area contributed by atoms with E-state index in [1.165, 1.54) is 28.6 Å². The second-order valence-corrected chi connectivity index (χ2v) is 18.3. The number of piperidine rings is 1. The summed E-state index contributed by atoms with van der Waals surface area (Å²) in [6.07, 6.45) is -0.950. The molecule has 12 nitrogen and oxygen atoms in total. The van der Waals surface area contributed by atoms with Crippen LogP contribution in [-0.4, -0.2) is 115 Å². The number of hydrogen-bond acceptors (Lipinski definition) is 9. The molecule has 0 radical (unpaired) electrons. The summed E-state index contributed by atoms with van der Waals surface area (Å²) < 4.78 is 98.1. The van der Waals surface area contributed by atoms with Crippen molar-refractivity contribution in [1.29, 1.82) is 0 Å². The summed E-state index contributed by atoms with van der Waals surface area (Å²) in [5, 5.41) is 16.0. The number of alkyl halides is 3. The average molecular weight is 785 g/mol. The molecule has 2 fully saturated rings. The smallest absolute Gasteiger partial charge is 0.390 e. The van der Waals surface area contributed by atoms with Crippen molar-refractivity contribution in [3.05, 3.63) is 65.4 Å². The van der Waals surface area contributed by atoms with Gasteiger partial charge in [-0.1, -0.05) is 24.3 Å². The number of halogens is 3. The predicted molar refractivity (Wildman–Crippen MR) is 190 cm³/mol. The Balaban J connectivity index is 1.20. The summed E-state index contributed by atoms with van der Waals surface area (Å²) in [6.45, 7) is 2.79. The molecular formula is C34H43F3N6O6S3. The van der Waals surface area contributed by atoms with Crippen molar-refractivity contribution in [3.8, 4) is 11.3 Å². The highest BCUT2D eigenvalue weighted by Gasteiger charge is 2.36. The number of sulfonamides is 2. The van der Waals surface area contributed by atoms with Crippen molar-refractivity contribution in [2.24, 2.45) is 0 Å². The summed E-state index contributed by atoms with van der Waals surface area (Å²) in [5.41, 5.74) is 1.06. The third-order valence-electron chi connectivity index (χ3n) is 9.79. The maximum atomic E-state index is 14.1. The first kappa shape index (κ1) is 38.7. The van der Waals surface area contributed by atoms with E-state index in [0.717, 1.165) is 63.0 Å². The number of hydrogen-bond donors (Lipinski definition) is 2. The Bertz CT molecular complexity index is 1970. The highest BCUT2D eigenvalue weighted by atomic mass is 32.2. The third-order valence-corrected chi connectivity index (χ3v) is 13.6. The van der Waals surface area contributed by atoms with Crippen LogP contribution >= 0.6 is 11.8 Å². The SMILES string of the molecule is CS(=O)(=O)N1CCc2c(c(-c3ccc(C(F)(F)F)c(SCCNS(=O)(=O)c4ccccc4)c3)nn2CC(O)CN2CCC(N3CCCC3=O)CC2)C1. The van der Waals surface area contributed by atoms with Crippen LogP contribution in [0.15, 0.2) is 58.3 Å². The number of carbonyl (C=O) groups is 1. The number of rotatable bonds is 13. The Morgan fingerprint density at radius 3 is 2.38 bits per heavy atom. The number of thioether (sulfide) groups is 1. The molecule has 1 unspecified atom stereocenters. The Labute approximate surface area is 306 Å². The van der Waals surface area contributed by atoms with Crippen LogP contribution in [0.4, 0.5) is 13.2 Å². The van der Waals surface area contributed by atoms with Crippen LogP contribution in [0.2, 0.25) is 0 Å². The second kappa shape index (κ2) is 15.8. The van der Waals surface area contributed by atoms with Crippen molar-refractivity contribution >= 4 is 37.7 Å². The number of β-amino-alcohol motifs (C(OH)–C–C–N with tert-alkyl or cyclic N) is 1.